The van der Waals surface area contributed by atoms with Gasteiger partial charge in [0.05, 0.1) is 13.2 Å². The van der Waals surface area contributed by atoms with Gasteiger partial charge in [-0.25, -0.2) is 0 Å². The monoisotopic (exact) mass is 465 g/mol. The maximum atomic E-state index is 13.0. The number of carbonyl (C=O) groups is 3. The Morgan fingerprint density at radius 3 is 2.59 bits per heavy atom. The van der Waals surface area contributed by atoms with E-state index >= 15 is 0 Å². The third kappa shape index (κ3) is 4.07. The Morgan fingerprint density at radius 2 is 1.79 bits per heavy atom. The van der Waals surface area contributed by atoms with Crippen molar-refractivity contribution in [3.63, 3.8) is 0 Å². The lowest BCUT2D eigenvalue weighted by Gasteiger charge is -2.39. The van der Waals surface area contributed by atoms with Crippen molar-refractivity contribution >= 4 is 17.7 Å². The number of carbonyl (C=O) groups excluding carboxylic acids is 3. The number of ether oxygens (including phenoxy) is 1. The van der Waals surface area contributed by atoms with Crippen LogP contribution in [0.3, 0.4) is 0 Å². The summed E-state index contributed by atoms with van der Waals surface area (Å²) in [4.78, 5) is 38.5. The lowest BCUT2D eigenvalue weighted by atomic mass is 9.79. The van der Waals surface area contributed by atoms with Gasteiger partial charge in [0.1, 0.15) is 6.04 Å². The predicted molar refractivity (Wildman–Crippen MR) is 126 cm³/mol. The topological polar surface area (TPSA) is 87.7 Å². The second-order valence-electron chi connectivity index (χ2n) is 11.1. The van der Waals surface area contributed by atoms with E-state index in [2.05, 4.69) is 22.8 Å². The minimum absolute atomic E-state index is 0.0942. The van der Waals surface area contributed by atoms with Crippen LogP contribution in [0, 0.1) is 17.8 Å². The first-order chi connectivity index (χ1) is 16.6. The van der Waals surface area contributed by atoms with Crippen LogP contribution in [0.1, 0.15) is 72.9 Å². The highest BCUT2D eigenvalue weighted by molar-refractivity contribution is 6.05. The SMILES string of the molecule is O=C1CCC(N2Cc3cc(C[C@H]4CCCCC4NC4C5CCC4COC5)ccc3C2=O)C(=O)N1. The van der Waals surface area contributed by atoms with Gasteiger partial charge in [0.2, 0.25) is 11.8 Å². The first-order valence-electron chi connectivity index (χ1n) is 13.2. The van der Waals surface area contributed by atoms with Crippen molar-refractivity contribution in [3.05, 3.63) is 34.9 Å². The quantitative estimate of drug-likeness (QED) is 0.653. The number of nitrogens with one attached hydrogen (secondary N) is 2. The van der Waals surface area contributed by atoms with Crippen LogP contribution in [0.4, 0.5) is 0 Å². The van der Waals surface area contributed by atoms with Crippen LogP contribution in [0.2, 0.25) is 0 Å². The average Bonchev–Trinajstić information content (AvgIpc) is 3.24. The number of amides is 3. The van der Waals surface area contributed by atoms with Crippen molar-refractivity contribution in [1.82, 2.24) is 15.5 Å². The van der Waals surface area contributed by atoms with E-state index in [1.807, 2.05) is 6.07 Å². The number of benzene rings is 1. The first-order valence-corrected chi connectivity index (χ1v) is 13.2. The highest BCUT2D eigenvalue weighted by Crippen LogP contribution is 2.38. The highest BCUT2D eigenvalue weighted by Gasteiger charge is 2.42. The molecule has 2 bridgehead atoms. The van der Waals surface area contributed by atoms with Gasteiger partial charge in [-0.2, -0.15) is 0 Å². The summed E-state index contributed by atoms with van der Waals surface area (Å²) in [5.74, 6) is 1.25. The van der Waals surface area contributed by atoms with Crippen LogP contribution < -0.4 is 10.6 Å². The number of nitrogens with zero attached hydrogens (tertiary/aromatic N) is 1. The highest BCUT2D eigenvalue weighted by atomic mass is 16.5. The van der Waals surface area contributed by atoms with E-state index in [4.69, 9.17) is 4.74 Å². The number of imide groups is 1. The number of fused-ring (bicyclic) bond motifs is 3. The second kappa shape index (κ2) is 9.08. The van der Waals surface area contributed by atoms with Crippen LogP contribution in [-0.2, 0) is 27.3 Å². The van der Waals surface area contributed by atoms with E-state index in [1.54, 1.807) is 4.90 Å². The smallest absolute Gasteiger partial charge is 0.255 e. The molecule has 0 aromatic heterocycles. The number of rotatable bonds is 5. The molecule has 3 amide bonds. The van der Waals surface area contributed by atoms with Gasteiger partial charge in [0.15, 0.2) is 0 Å². The largest absolute Gasteiger partial charge is 0.381 e. The molecule has 2 saturated carbocycles. The Hall–Kier alpha value is -2.25. The van der Waals surface area contributed by atoms with Gasteiger partial charge in [0.25, 0.3) is 5.91 Å². The van der Waals surface area contributed by atoms with Crippen LogP contribution in [0.5, 0.6) is 0 Å². The molecule has 5 atom stereocenters. The number of hydrogen-bond acceptors (Lipinski definition) is 5. The zero-order chi connectivity index (χ0) is 23.2. The lowest BCUT2D eigenvalue weighted by Crippen LogP contribution is -2.52. The number of hydrogen-bond donors (Lipinski definition) is 2. The molecule has 3 heterocycles. The minimum atomic E-state index is -0.553. The zero-order valence-corrected chi connectivity index (χ0v) is 19.8. The maximum absolute atomic E-state index is 13.0. The molecule has 1 aromatic carbocycles. The van der Waals surface area contributed by atoms with E-state index in [0.29, 0.717) is 48.4 Å². The second-order valence-corrected chi connectivity index (χ2v) is 11.1. The fourth-order valence-corrected chi connectivity index (χ4v) is 7.17. The molecule has 3 aliphatic heterocycles. The molecule has 2 aliphatic carbocycles. The first kappa shape index (κ1) is 22.2. The fourth-order valence-electron chi connectivity index (χ4n) is 7.17. The van der Waals surface area contributed by atoms with Crippen LogP contribution in [-0.4, -0.2) is 54.0 Å². The predicted octanol–water partition coefficient (Wildman–Crippen LogP) is 2.56. The van der Waals surface area contributed by atoms with Crippen molar-refractivity contribution in [2.24, 2.45) is 17.8 Å². The fraction of sp³-hybridized carbons (Fsp3) is 0.667. The summed E-state index contributed by atoms with van der Waals surface area (Å²) in [7, 11) is 0. The summed E-state index contributed by atoms with van der Waals surface area (Å²) in [6, 6.07) is 6.84. The summed E-state index contributed by atoms with van der Waals surface area (Å²) in [5, 5.41) is 6.48. The molecule has 1 aromatic rings. The third-order valence-corrected chi connectivity index (χ3v) is 8.99. The van der Waals surface area contributed by atoms with Crippen LogP contribution in [0.15, 0.2) is 18.2 Å². The molecule has 182 valence electrons. The molecule has 0 radical (unpaired) electrons. The van der Waals surface area contributed by atoms with Gasteiger partial charge in [-0.15, -0.1) is 0 Å². The standard InChI is InChI=1S/C27H35N3O4/c31-24-10-9-23(26(32)29-24)30-13-20-12-16(5-8-21(20)27(30)33)11-17-3-1-2-4-22(17)28-25-18-6-7-19(25)15-34-14-18/h5,8,12,17-19,22-23,25,28H,1-4,6-7,9-11,13-15H2,(H,29,31,32)/t17-,18?,19?,22?,23?,25?/m1/s1. The Labute approximate surface area is 201 Å². The lowest BCUT2D eigenvalue weighted by molar-refractivity contribution is -0.136. The van der Waals surface area contributed by atoms with Gasteiger partial charge in [-0.3, -0.25) is 19.7 Å². The normalized spacial score (nSPS) is 35.4. The van der Waals surface area contributed by atoms with Gasteiger partial charge in [0, 0.05) is 30.6 Å². The van der Waals surface area contributed by atoms with Crippen LogP contribution >= 0.6 is 0 Å². The van der Waals surface area contributed by atoms with Gasteiger partial charge in [-0.1, -0.05) is 25.0 Å². The third-order valence-electron chi connectivity index (χ3n) is 8.99. The van der Waals surface area contributed by atoms with Crippen molar-refractivity contribution in [2.45, 2.75) is 82.5 Å². The Balaban J connectivity index is 1.14. The van der Waals surface area contributed by atoms with E-state index in [0.717, 1.165) is 25.2 Å². The molecule has 7 heteroatoms. The van der Waals surface area contributed by atoms with Crippen LogP contribution in [0.25, 0.3) is 0 Å². The summed E-state index contributed by atoms with van der Waals surface area (Å²) in [6.07, 6.45) is 9.37. The zero-order valence-electron chi connectivity index (χ0n) is 19.8. The Kier molecular flexibility index (Phi) is 5.94. The molecule has 4 unspecified atom stereocenters. The van der Waals surface area contributed by atoms with E-state index in [-0.39, 0.29) is 24.1 Å². The molecule has 2 saturated heterocycles. The van der Waals surface area contributed by atoms with Gasteiger partial charge >= 0.3 is 0 Å². The Bertz CT molecular complexity index is 978. The average molecular weight is 466 g/mol. The van der Waals surface area contributed by atoms with Crippen molar-refractivity contribution in [1.29, 1.82) is 0 Å². The maximum Gasteiger partial charge on any atom is 0.255 e. The van der Waals surface area contributed by atoms with E-state index in [9.17, 15) is 14.4 Å². The van der Waals surface area contributed by atoms with Crippen molar-refractivity contribution in [2.75, 3.05) is 13.2 Å². The summed E-state index contributed by atoms with van der Waals surface area (Å²) < 4.78 is 5.80. The van der Waals surface area contributed by atoms with Crippen molar-refractivity contribution in [3.8, 4) is 0 Å². The molecule has 7 nitrogen and oxygen atoms in total. The van der Waals surface area contributed by atoms with Gasteiger partial charge in [-0.05, 0) is 73.5 Å². The molecule has 34 heavy (non-hydrogen) atoms. The minimum Gasteiger partial charge on any atom is -0.381 e. The van der Waals surface area contributed by atoms with E-state index < -0.39 is 6.04 Å². The summed E-state index contributed by atoms with van der Waals surface area (Å²) >= 11 is 0. The number of piperidine rings is 1. The molecule has 5 aliphatic rings. The molecule has 4 fully saturated rings. The molecule has 0 spiro atoms. The van der Waals surface area contributed by atoms with Gasteiger partial charge < -0.3 is 15.0 Å². The van der Waals surface area contributed by atoms with Crippen molar-refractivity contribution < 1.29 is 19.1 Å². The summed E-state index contributed by atoms with van der Waals surface area (Å²) in [5.41, 5.74) is 2.99. The molecular weight excluding hydrogens is 430 g/mol. The molecule has 6 rings (SSSR count). The molecule has 2 N–H and O–H groups in total. The van der Waals surface area contributed by atoms with E-state index in [1.165, 1.54) is 44.1 Å². The Morgan fingerprint density at radius 1 is 1.00 bits per heavy atom. The molecular formula is C27H35N3O4. The summed E-state index contributed by atoms with van der Waals surface area (Å²) in [6.45, 7) is 2.27.